The Balaban J connectivity index is 1.73. The average molecular weight is 306 g/mol. The van der Waals surface area contributed by atoms with E-state index in [4.69, 9.17) is 4.74 Å². The molecule has 0 heterocycles. The highest BCUT2D eigenvalue weighted by atomic mass is 16.5. The van der Waals surface area contributed by atoms with Gasteiger partial charge in [-0.3, -0.25) is 0 Å². The van der Waals surface area contributed by atoms with Crippen LogP contribution >= 0.6 is 0 Å². The summed E-state index contributed by atoms with van der Waals surface area (Å²) in [5, 5.41) is 3.38. The second-order valence-electron chi connectivity index (χ2n) is 6.07. The van der Waals surface area contributed by atoms with E-state index in [0.717, 1.165) is 19.8 Å². The molecule has 0 aliphatic rings. The lowest BCUT2D eigenvalue weighted by Gasteiger charge is -2.05. The highest BCUT2D eigenvalue weighted by Gasteiger charge is 1.94. The molecule has 1 rings (SSSR count). The van der Waals surface area contributed by atoms with E-state index in [1.807, 2.05) is 6.07 Å². The Labute approximate surface area is 137 Å². The van der Waals surface area contributed by atoms with Gasteiger partial charge in [0.05, 0.1) is 6.61 Å². The molecule has 0 atom stereocenters. The van der Waals surface area contributed by atoms with E-state index in [1.165, 1.54) is 69.9 Å². The summed E-state index contributed by atoms with van der Waals surface area (Å²) in [7, 11) is 0. The molecule has 0 aliphatic heterocycles. The lowest BCUT2D eigenvalue weighted by molar-refractivity contribution is 0.116. The molecule has 22 heavy (non-hydrogen) atoms. The number of hydrogen-bond donors (Lipinski definition) is 1. The van der Waals surface area contributed by atoms with Crippen LogP contribution in [0.2, 0.25) is 0 Å². The van der Waals surface area contributed by atoms with Gasteiger partial charge in [-0.25, -0.2) is 0 Å². The summed E-state index contributed by atoms with van der Waals surface area (Å²) in [4.78, 5) is 0. The first-order valence-corrected chi connectivity index (χ1v) is 9.26. The monoisotopic (exact) mass is 305 g/mol. The first-order chi connectivity index (χ1) is 10.9. The molecule has 126 valence electrons. The fourth-order valence-electron chi connectivity index (χ4n) is 2.63. The maximum Gasteiger partial charge on any atom is 0.0716 e. The minimum atomic E-state index is 0.758. The maximum atomic E-state index is 5.71. The van der Waals surface area contributed by atoms with Crippen molar-refractivity contribution in [1.29, 1.82) is 0 Å². The Morgan fingerprint density at radius 2 is 1.36 bits per heavy atom. The van der Waals surface area contributed by atoms with E-state index < -0.39 is 0 Å². The molecule has 0 saturated carbocycles. The quantitative estimate of drug-likeness (QED) is 0.443. The van der Waals surface area contributed by atoms with E-state index in [2.05, 4.69) is 36.5 Å². The van der Waals surface area contributed by atoms with Gasteiger partial charge in [0.2, 0.25) is 0 Å². The largest absolute Gasteiger partial charge is 0.377 e. The Morgan fingerprint density at radius 3 is 2.00 bits per heavy atom. The molecule has 0 aromatic heterocycles. The Hall–Kier alpha value is -0.860. The van der Waals surface area contributed by atoms with Crippen LogP contribution in [0.25, 0.3) is 0 Å². The summed E-state index contributed by atoms with van der Waals surface area (Å²) in [6.07, 6.45) is 12.2. The topological polar surface area (TPSA) is 21.3 Å². The second-order valence-corrected chi connectivity index (χ2v) is 6.07. The van der Waals surface area contributed by atoms with Crippen molar-refractivity contribution in [2.75, 3.05) is 19.7 Å². The number of benzene rings is 1. The van der Waals surface area contributed by atoms with Crippen LogP contribution in [0, 0.1) is 0 Å². The molecular weight excluding hydrogens is 270 g/mol. The first-order valence-electron chi connectivity index (χ1n) is 9.26. The third kappa shape index (κ3) is 11.8. The first kappa shape index (κ1) is 19.2. The molecule has 1 aromatic rings. The van der Waals surface area contributed by atoms with Gasteiger partial charge in [0.1, 0.15) is 0 Å². The van der Waals surface area contributed by atoms with Crippen LogP contribution < -0.4 is 5.32 Å². The summed E-state index contributed by atoms with van der Waals surface area (Å²) < 4.78 is 5.71. The molecule has 0 spiro atoms. The van der Waals surface area contributed by atoms with Crippen molar-refractivity contribution in [3.8, 4) is 0 Å². The van der Waals surface area contributed by atoms with Gasteiger partial charge in [-0.2, -0.15) is 0 Å². The Kier molecular flexibility index (Phi) is 13.1. The number of rotatable bonds is 15. The molecule has 0 aliphatic carbocycles. The minimum Gasteiger partial charge on any atom is -0.377 e. The Bertz CT molecular complexity index is 326. The van der Waals surface area contributed by atoms with E-state index in [1.54, 1.807) is 0 Å². The van der Waals surface area contributed by atoms with Gasteiger partial charge >= 0.3 is 0 Å². The van der Waals surface area contributed by atoms with Crippen LogP contribution in [0.5, 0.6) is 0 Å². The van der Waals surface area contributed by atoms with Gasteiger partial charge in [0.25, 0.3) is 0 Å². The molecule has 0 fully saturated rings. The fraction of sp³-hybridized carbons (Fsp3) is 0.700. The van der Waals surface area contributed by atoms with Crippen molar-refractivity contribution in [2.45, 2.75) is 71.3 Å². The van der Waals surface area contributed by atoms with Gasteiger partial charge < -0.3 is 10.1 Å². The number of nitrogens with one attached hydrogen (secondary N) is 1. The van der Waals surface area contributed by atoms with Crippen LogP contribution in [-0.4, -0.2) is 19.7 Å². The minimum absolute atomic E-state index is 0.758. The number of hydrogen-bond acceptors (Lipinski definition) is 2. The standard InChI is InChI=1S/C20H35NO/c1-2-21-17-13-8-6-4-3-5-7-9-14-18-22-19-20-15-11-10-12-16-20/h10-12,15-16,21H,2-9,13-14,17-19H2,1H3. The summed E-state index contributed by atoms with van der Waals surface area (Å²) in [6.45, 7) is 6.13. The van der Waals surface area contributed by atoms with Crippen LogP contribution in [0.4, 0.5) is 0 Å². The zero-order valence-corrected chi connectivity index (χ0v) is 14.5. The molecule has 1 aromatic carbocycles. The van der Waals surface area contributed by atoms with Crippen LogP contribution in [0.3, 0.4) is 0 Å². The summed E-state index contributed by atoms with van der Waals surface area (Å²) in [5.74, 6) is 0. The van der Waals surface area contributed by atoms with Crippen LogP contribution in [0.1, 0.15) is 70.3 Å². The van der Waals surface area contributed by atoms with E-state index >= 15 is 0 Å². The van der Waals surface area contributed by atoms with Crippen molar-refractivity contribution >= 4 is 0 Å². The van der Waals surface area contributed by atoms with Gasteiger partial charge in [0, 0.05) is 6.61 Å². The average Bonchev–Trinajstić information content (AvgIpc) is 2.56. The van der Waals surface area contributed by atoms with Crippen molar-refractivity contribution in [1.82, 2.24) is 5.32 Å². The van der Waals surface area contributed by atoms with Gasteiger partial charge in [-0.1, -0.05) is 82.2 Å². The molecule has 0 radical (unpaired) electrons. The Morgan fingerprint density at radius 1 is 0.773 bits per heavy atom. The predicted octanol–water partition coefficient (Wildman–Crippen LogP) is 5.32. The van der Waals surface area contributed by atoms with Crippen molar-refractivity contribution in [3.05, 3.63) is 35.9 Å². The van der Waals surface area contributed by atoms with Gasteiger partial charge in [-0.05, 0) is 31.5 Å². The zero-order chi connectivity index (χ0) is 15.7. The van der Waals surface area contributed by atoms with E-state index in [0.29, 0.717) is 0 Å². The molecular formula is C20H35NO. The highest BCUT2D eigenvalue weighted by Crippen LogP contribution is 2.10. The van der Waals surface area contributed by atoms with Crippen molar-refractivity contribution in [3.63, 3.8) is 0 Å². The molecule has 0 amide bonds. The lowest BCUT2D eigenvalue weighted by atomic mass is 10.1. The molecule has 0 bridgehead atoms. The summed E-state index contributed by atoms with van der Waals surface area (Å²) in [5.41, 5.74) is 1.27. The predicted molar refractivity (Wildman–Crippen MR) is 96.2 cm³/mol. The van der Waals surface area contributed by atoms with Crippen molar-refractivity contribution in [2.24, 2.45) is 0 Å². The van der Waals surface area contributed by atoms with E-state index in [9.17, 15) is 0 Å². The molecule has 1 N–H and O–H groups in total. The van der Waals surface area contributed by atoms with Gasteiger partial charge in [0.15, 0.2) is 0 Å². The molecule has 2 heteroatoms. The fourth-order valence-corrected chi connectivity index (χ4v) is 2.63. The number of unbranched alkanes of at least 4 members (excludes halogenated alkanes) is 8. The summed E-state index contributed by atoms with van der Waals surface area (Å²) >= 11 is 0. The van der Waals surface area contributed by atoms with Gasteiger partial charge in [-0.15, -0.1) is 0 Å². The lowest BCUT2D eigenvalue weighted by Crippen LogP contribution is -2.13. The maximum absolute atomic E-state index is 5.71. The molecule has 2 nitrogen and oxygen atoms in total. The zero-order valence-electron chi connectivity index (χ0n) is 14.5. The van der Waals surface area contributed by atoms with Crippen molar-refractivity contribution < 1.29 is 4.74 Å². The molecule has 0 unspecified atom stereocenters. The highest BCUT2D eigenvalue weighted by molar-refractivity contribution is 5.13. The SMILES string of the molecule is CCNCCCCCCCCCCCOCc1ccccc1. The van der Waals surface area contributed by atoms with Crippen LogP contribution in [0.15, 0.2) is 30.3 Å². The second kappa shape index (κ2) is 15.1. The van der Waals surface area contributed by atoms with Crippen LogP contribution in [-0.2, 0) is 11.3 Å². The third-order valence-corrected chi connectivity index (χ3v) is 4.00. The third-order valence-electron chi connectivity index (χ3n) is 4.00. The number of ether oxygens (including phenoxy) is 1. The normalized spacial score (nSPS) is 11.0. The van der Waals surface area contributed by atoms with E-state index in [-0.39, 0.29) is 0 Å². The summed E-state index contributed by atoms with van der Waals surface area (Å²) in [6, 6.07) is 10.4. The smallest absolute Gasteiger partial charge is 0.0716 e. The molecule has 0 saturated heterocycles.